The van der Waals surface area contributed by atoms with Gasteiger partial charge in [0, 0.05) is 25.4 Å². The molecule has 0 aliphatic carbocycles. The van der Waals surface area contributed by atoms with Crippen molar-refractivity contribution >= 4 is 27.3 Å². The molecule has 0 spiro atoms. The summed E-state index contributed by atoms with van der Waals surface area (Å²) < 4.78 is 113. The van der Waals surface area contributed by atoms with Crippen molar-refractivity contribution in [3.05, 3.63) is 70.9 Å². The predicted molar refractivity (Wildman–Crippen MR) is 126 cm³/mol. The number of benzene rings is 2. The fourth-order valence-corrected chi connectivity index (χ4v) is 5.22. The summed E-state index contributed by atoms with van der Waals surface area (Å²) in [6.45, 7) is 2.16. The first-order chi connectivity index (χ1) is 18.4. The minimum absolute atomic E-state index is 0.0272. The van der Waals surface area contributed by atoms with Crippen LogP contribution in [0.3, 0.4) is 0 Å². The molecule has 0 saturated heterocycles. The van der Waals surface area contributed by atoms with Crippen molar-refractivity contribution < 1.29 is 48.9 Å². The molecular weight excluding hydrogens is 570 g/mol. The molecule has 1 N–H and O–H groups in total. The summed E-state index contributed by atoms with van der Waals surface area (Å²) in [6.07, 6.45) is -10.9. The van der Waals surface area contributed by atoms with Gasteiger partial charge in [-0.1, -0.05) is 23.4 Å². The lowest BCUT2D eigenvalue weighted by molar-refractivity contribution is -0.294. The number of halogens is 6. The highest BCUT2D eigenvalue weighted by atomic mass is 32.2. The number of anilines is 1. The molecule has 2 heterocycles. The molecular formula is C24H20F6N4O5S. The molecule has 214 valence electrons. The Kier molecular flexibility index (Phi) is 6.97. The maximum Gasteiger partial charge on any atom is 0.416 e. The van der Waals surface area contributed by atoms with Gasteiger partial charge in [-0.05, 0) is 47.9 Å². The molecule has 16 heteroatoms. The maximum atomic E-state index is 14.1. The second-order valence-corrected chi connectivity index (χ2v) is 11.2. The summed E-state index contributed by atoms with van der Waals surface area (Å²) in [4.78, 5) is 29.8. The zero-order valence-electron chi connectivity index (χ0n) is 20.9. The number of rotatable bonds is 5. The van der Waals surface area contributed by atoms with Gasteiger partial charge in [-0.3, -0.25) is 9.59 Å². The molecule has 1 unspecified atom stereocenters. The molecule has 9 nitrogen and oxygen atoms in total. The third-order valence-electron chi connectivity index (χ3n) is 6.43. The average molecular weight is 591 g/mol. The molecule has 0 saturated carbocycles. The number of amides is 2. The Labute approximate surface area is 223 Å². The van der Waals surface area contributed by atoms with Crippen molar-refractivity contribution in [2.24, 2.45) is 0 Å². The zero-order valence-corrected chi connectivity index (χ0v) is 21.7. The van der Waals surface area contributed by atoms with E-state index in [0.29, 0.717) is 23.3 Å². The quantitative estimate of drug-likeness (QED) is 0.442. The SMILES string of the molecule is CC(=O)N1Cc2cc(S(C)(=O)=O)ccc2C1C(=O)Nc1ccc(C(c2nc(C)no2)(C(F)(F)F)C(F)(F)F)cc1. The fourth-order valence-electron chi connectivity index (χ4n) is 4.55. The van der Waals surface area contributed by atoms with Crippen molar-refractivity contribution in [2.75, 3.05) is 11.6 Å². The van der Waals surface area contributed by atoms with Crippen LogP contribution in [0.25, 0.3) is 0 Å². The number of alkyl halides is 6. The van der Waals surface area contributed by atoms with Crippen LogP contribution in [-0.2, 0) is 31.4 Å². The number of fused-ring (bicyclic) bond motifs is 1. The van der Waals surface area contributed by atoms with E-state index in [-0.39, 0.29) is 17.1 Å². The summed E-state index contributed by atoms with van der Waals surface area (Å²) >= 11 is 0. The summed E-state index contributed by atoms with van der Waals surface area (Å²) in [7, 11) is -3.58. The van der Waals surface area contributed by atoms with Gasteiger partial charge >= 0.3 is 12.4 Å². The van der Waals surface area contributed by atoms with Crippen LogP contribution in [-0.4, -0.2) is 53.9 Å². The van der Waals surface area contributed by atoms with Crippen LogP contribution < -0.4 is 5.32 Å². The van der Waals surface area contributed by atoms with E-state index in [1.165, 1.54) is 25.1 Å². The molecule has 2 aromatic carbocycles. The molecule has 1 aromatic heterocycles. The van der Waals surface area contributed by atoms with Gasteiger partial charge in [0.15, 0.2) is 15.7 Å². The maximum absolute atomic E-state index is 14.1. The van der Waals surface area contributed by atoms with Gasteiger partial charge in [0.1, 0.15) is 6.04 Å². The van der Waals surface area contributed by atoms with Crippen LogP contribution in [0.4, 0.5) is 32.0 Å². The minimum atomic E-state index is -5.94. The number of aromatic nitrogens is 2. The molecule has 3 aromatic rings. The molecule has 2 amide bonds. The van der Waals surface area contributed by atoms with Crippen LogP contribution in [0, 0.1) is 6.92 Å². The number of sulfone groups is 1. The number of nitrogens with one attached hydrogen (secondary N) is 1. The minimum Gasteiger partial charge on any atom is -0.338 e. The van der Waals surface area contributed by atoms with Crippen molar-refractivity contribution in [2.45, 2.75) is 49.1 Å². The molecule has 4 rings (SSSR count). The topological polar surface area (TPSA) is 122 Å². The number of hydrogen-bond acceptors (Lipinski definition) is 7. The van der Waals surface area contributed by atoms with Crippen molar-refractivity contribution in [3.63, 3.8) is 0 Å². The van der Waals surface area contributed by atoms with Crippen molar-refractivity contribution in [3.8, 4) is 0 Å². The van der Waals surface area contributed by atoms with Gasteiger partial charge in [-0.25, -0.2) is 8.42 Å². The van der Waals surface area contributed by atoms with E-state index in [4.69, 9.17) is 0 Å². The average Bonchev–Trinajstić information content (AvgIpc) is 3.41. The first-order valence-electron chi connectivity index (χ1n) is 11.3. The van der Waals surface area contributed by atoms with Crippen LogP contribution in [0.2, 0.25) is 0 Å². The normalized spacial score (nSPS) is 16.1. The standard InChI is InChI=1S/C24H20F6N4O5S/c1-12-31-21(39-33-12)22(23(25,26)27,24(28,29)30)15-4-6-16(7-5-15)32-20(36)19-18-9-8-17(40(3,37)38)10-14(18)11-34(19)13(2)35/h4-10,19H,11H2,1-3H3,(H,32,36). The van der Waals surface area contributed by atoms with Crippen LogP contribution >= 0.6 is 0 Å². The molecule has 40 heavy (non-hydrogen) atoms. The molecule has 0 radical (unpaired) electrons. The highest BCUT2D eigenvalue weighted by Crippen LogP contribution is 2.55. The van der Waals surface area contributed by atoms with E-state index in [0.717, 1.165) is 30.2 Å². The second-order valence-electron chi connectivity index (χ2n) is 9.14. The molecule has 1 aliphatic heterocycles. The van der Waals surface area contributed by atoms with Gasteiger partial charge in [0.25, 0.3) is 17.2 Å². The van der Waals surface area contributed by atoms with Gasteiger partial charge in [0.2, 0.25) is 5.91 Å². The van der Waals surface area contributed by atoms with E-state index >= 15 is 0 Å². The van der Waals surface area contributed by atoms with Gasteiger partial charge in [-0.15, -0.1) is 0 Å². The van der Waals surface area contributed by atoms with Crippen molar-refractivity contribution in [1.29, 1.82) is 0 Å². The largest absolute Gasteiger partial charge is 0.416 e. The number of aryl methyl sites for hydroxylation is 1. The van der Waals surface area contributed by atoms with E-state index in [1.54, 1.807) is 0 Å². The van der Waals surface area contributed by atoms with Crippen LogP contribution in [0.15, 0.2) is 51.9 Å². The van der Waals surface area contributed by atoms with Crippen LogP contribution in [0.1, 0.15) is 41.4 Å². The Hall–Kier alpha value is -3.95. The molecule has 0 bridgehead atoms. The molecule has 0 fully saturated rings. The van der Waals surface area contributed by atoms with E-state index in [9.17, 15) is 44.3 Å². The lowest BCUT2D eigenvalue weighted by atomic mass is 9.78. The van der Waals surface area contributed by atoms with Gasteiger partial charge < -0.3 is 14.7 Å². The van der Waals surface area contributed by atoms with E-state index in [1.807, 2.05) is 0 Å². The van der Waals surface area contributed by atoms with E-state index in [2.05, 4.69) is 20.0 Å². The number of hydrogen-bond donors (Lipinski definition) is 1. The van der Waals surface area contributed by atoms with Gasteiger partial charge in [-0.2, -0.15) is 31.3 Å². The van der Waals surface area contributed by atoms with Crippen molar-refractivity contribution in [1.82, 2.24) is 15.0 Å². The fraction of sp³-hybridized carbons (Fsp3) is 0.333. The Bertz CT molecular complexity index is 1570. The van der Waals surface area contributed by atoms with Crippen LogP contribution in [0.5, 0.6) is 0 Å². The number of carbonyl (C=O) groups is 2. The first kappa shape index (κ1) is 29.0. The summed E-state index contributed by atoms with van der Waals surface area (Å²) in [5.41, 5.74) is -5.38. The Morgan fingerprint density at radius 2 is 1.62 bits per heavy atom. The summed E-state index contributed by atoms with van der Waals surface area (Å²) in [5, 5.41) is 5.48. The highest BCUT2D eigenvalue weighted by Gasteiger charge is 2.76. The third-order valence-corrected chi connectivity index (χ3v) is 7.54. The Balaban J connectivity index is 1.70. The third kappa shape index (κ3) is 4.80. The second kappa shape index (κ2) is 9.60. The zero-order chi connectivity index (χ0) is 29.8. The Morgan fingerprint density at radius 3 is 2.10 bits per heavy atom. The Morgan fingerprint density at radius 1 is 1.02 bits per heavy atom. The summed E-state index contributed by atoms with van der Waals surface area (Å²) in [6, 6.07) is 5.46. The lowest BCUT2D eigenvalue weighted by Gasteiger charge is -2.34. The predicted octanol–water partition coefficient (Wildman–Crippen LogP) is 4.23. The summed E-state index contributed by atoms with van der Waals surface area (Å²) in [5.74, 6) is -3.50. The monoisotopic (exact) mass is 590 g/mol. The van der Waals surface area contributed by atoms with E-state index < -0.39 is 62.7 Å². The smallest absolute Gasteiger partial charge is 0.338 e. The number of nitrogens with zero attached hydrogens (tertiary/aromatic N) is 3. The number of carbonyl (C=O) groups excluding carboxylic acids is 2. The first-order valence-corrected chi connectivity index (χ1v) is 13.2. The molecule has 1 aliphatic rings. The molecule has 1 atom stereocenters. The van der Waals surface area contributed by atoms with Gasteiger partial charge in [0.05, 0.1) is 4.90 Å². The lowest BCUT2D eigenvalue weighted by Crippen LogP contribution is -2.55. The highest BCUT2D eigenvalue weighted by molar-refractivity contribution is 7.90.